The SMILES string of the molecule is CCn1cncc1CN1C[C@@H](c2ccc3c(c2)OCO3)[C@@H]2[C@H]1C1CCN2CC1. The summed E-state index contributed by atoms with van der Waals surface area (Å²) in [4.78, 5) is 9.91. The zero-order chi connectivity index (χ0) is 18.7. The van der Waals surface area contributed by atoms with Crippen LogP contribution in [0.15, 0.2) is 30.7 Å². The fourth-order valence-electron chi connectivity index (χ4n) is 6.13. The maximum Gasteiger partial charge on any atom is 0.231 e. The molecule has 0 spiro atoms. The second kappa shape index (κ2) is 6.49. The minimum absolute atomic E-state index is 0.344. The molecular weight excluding hydrogens is 352 g/mol. The van der Waals surface area contributed by atoms with Gasteiger partial charge in [0, 0.05) is 43.8 Å². The van der Waals surface area contributed by atoms with Gasteiger partial charge in [0.25, 0.3) is 0 Å². The lowest BCUT2D eigenvalue weighted by molar-refractivity contribution is -0.00921. The second-order valence-electron chi connectivity index (χ2n) is 8.67. The lowest BCUT2D eigenvalue weighted by atomic mass is 9.75. The van der Waals surface area contributed by atoms with E-state index in [1.165, 1.54) is 37.2 Å². The zero-order valence-electron chi connectivity index (χ0n) is 16.5. The van der Waals surface area contributed by atoms with Crippen molar-refractivity contribution in [1.29, 1.82) is 0 Å². The van der Waals surface area contributed by atoms with Gasteiger partial charge < -0.3 is 14.0 Å². The quantitative estimate of drug-likeness (QED) is 0.816. The molecule has 0 aliphatic carbocycles. The highest BCUT2D eigenvalue weighted by molar-refractivity contribution is 5.46. The van der Waals surface area contributed by atoms with E-state index in [9.17, 15) is 0 Å². The van der Waals surface area contributed by atoms with Gasteiger partial charge in [-0.25, -0.2) is 4.98 Å². The number of hydrogen-bond donors (Lipinski definition) is 0. The summed E-state index contributed by atoms with van der Waals surface area (Å²) in [6.45, 7) is 8.15. The van der Waals surface area contributed by atoms with Gasteiger partial charge >= 0.3 is 0 Å². The van der Waals surface area contributed by atoms with Crippen molar-refractivity contribution in [2.45, 2.75) is 50.9 Å². The van der Waals surface area contributed by atoms with Crippen molar-refractivity contribution >= 4 is 0 Å². The van der Waals surface area contributed by atoms with Gasteiger partial charge in [-0.1, -0.05) is 6.07 Å². The number of ether oxygens (including phenoxy) is 2. The Kier molecular flexibility index (Phi) is 3.91. The number of aromatic nitrogens is 2. The Morgan fingerprint density at radius 3 is 2.82 bits per heavy atom. The van der Waals surface area contributed by atoms with Gasteiger partial charge in [-0.2, -0.15) is 0 Å². The Hall–Kier alpha value is -2.05. The van der Waals surface area contributed by atoms with Crippen LogP contribution in [0.3, 0.4) is 0 Å². The largest absolute Gasteiger partial charge is 0.454 e. The van der Waals surface area contributed by atoms with E-state index < -0.39 is 0 Å². The first-order valence-electron chi connectivity index (χ1n) is 10.7. The van der Waals surface area contributed by atoms with E-state index in [0.717, 1.165) is 37.1 Å². The van der Waals surface area contributed by atoms with Crippen molar-refractivity contribution in [3.63, 3.8) is 0 Å². The van der Waals surface area contributed by atoms with Crippen LogP contribution in [0.2, 0.25) is 0 Å². The molecule has 4 fully saturated rings. The topological polar surface area (TPSA) is 42.8 Å². The van der Waals surface area contributed by atoms with Gasteiger partial charge in [-0.05, 0) is 56.5 Å². The molecule has 2 aromatic rings. The molecule has 0 amide bonds. The van der Waals surface area contributed by atoms with Gasteiger partial charge in [-0.15, -0.1) is 0 Å². The fourth-order valence-corrected chi connectivity index (χ4v) is 6.13. The van der Waals surface area contributed by atoms with E-state index in [1.807, 2.05) is 12.5 Å². The number of hydrogen-bond acceptors (Lipinski definition) is 5. The van der Waals surface area contributed by atoms with Crippen molar-refractivity contribution in [2.75, 3.05) is 26.4 Å². The van der Waals surface area contributed by atoms with Crippen LogP contribution >= 0.6 is 0 Å². The lowest BCUT2D eigenvalue weighted by Crippen LogP contribution is -2.60. The summed E-state index contributed by atoms with van der Waals surface area (Å²) in [5.74, 6) is 3.15. The van der Waals surface area contributed by atoms with E-state index in [2.05, 4.69) is 44.5 Å². The molecule has 6 heteroatoms. The highest BCUT2D eigenvalue weighted by Crippen LogP contribution is 2.48. The maximum atomic E-state index is 5.68. The Labute approximate surface area is 166 Å². The molecular formula is C22H28N4O2. The molecule has 1 aromatic carbocycles. The third-order valence-electron chi connectivity index (χ3n) is 7.42. The first-order chi connectivity index (χ1) is 13.8. The first kappa shape index (κ1) is 16.9. The van der Waals surface area contributed by atoms with Crippen molar-refractivity contribution in [3.05, 3.63) is 42.0 Å². The number of aryl methyl sites for hydroxylation is 1. The molecule has 0 radical (unpaired) electrons. The minimum Gasteiger partial charge on any atom is -0.454 e. The average molecular weight is 380 g/mol. The Bertz CT molecular complexity index is 873. The molecule has 2 bridgehead atoms. The number of fused-ring (bicyclic) bond motifs is 3. The van der Waals surface area contributed by atoms with E-state index in [4.69, 9.17) is 9.47 Å². The summed E-state index contributed by atoms with van der Waals surface area (Å²) >= 11 is 0. The minimum atomic E-state index is 0.344. The molecule has 0 N–H and O–H groups in total. The fraction of sp³-hybridized carbons (Fsp3) is 0.591. The lowest BCUT2D eigenvalue weighted by Gasteiger charge is -2.51. The molecule has 5 aliphatic heterocycles. The van der Waals surface area contributed by atoms with Crippen LogP contribution in [-0.4, -0.2) is 57.9 Å². The Morgan fingerprint density at radius 2 is 1.96 bits per heavy atom. The van der Waals surface area contributed by atoms with Gasteiger partial charge in [0.2, 0.25) is 6.79 Å². The van der Waals surface area contributed by atoms with E-state index in [-0.39, 0.29) is 0 Å². The monoisotopic (exact) mass is 380 g/mol. The van der Waals surface area contributed by atoms with Crippen molar-refractivity contribution in [3.8, 4) is 11.5 Å². The third-order valence-corrected chi connectivity index (χ3v) is 7.42. The van der Waals surface area contributed by atoms with Gasteiger partial charge in [0.15, 0.2) is 11.5 Å². The summed E-state index contributed by atoms with van der Waals surface area (Å²) in [7, 11) is 0. The Balaban J connectivity index is 1.34. The maximum absolute atomic E-state index is 5.68. The van der Waals surface area contributed by atoms with E-state index in [1.54, 1.807) is 0 Å². The molecule has 5 aliphatic rings. The molecule has 0 saturated carbocycles. The van der Waals surface area contributed by atoms with Gasteiger partial charge in [0.05, 0.1) is 12.0 Å². The summed E-state index contributed by atoms with van der Waals surface area (Å²) in [6.07, 6.45) is 6.71. The van der Waals surface area contributed by atoms with E-state index in [0.29, 0.717) is 24.8 Å². The van der Waals surface area contributed by atoms with Crippen LogP contribution in [0.5, 0.6) is 11.5 Å². The number of benzene rings is 1. The molecule has 7 rings (SSSR count). The second-order valence-corrected chi connectivity index (χ2v) is 8.67. The highest BCUT2D eigenvalue weighted by atomic mass is 16.7. The molecule has 4 saturated heterocycles. The van der Waals surface area contributed by atoms with Crippen LogP contribution in [0, 0.1) is 5.92 Å². The molecule has 1 aromatic heterocycles. The predicted octanol–water partition coefficient (Wildman–Crippen LogP) is 2.69. The van der Waals surface area contributed by atoms with Crippen LogP contribution in [-0.2, 0) is 13.1 Å². The number of likely N-dealkylation sites (tertiary alicyclic amines) is 1. The van der Waals surface area contributed by atoms with Gasteiger partial charge in [-0.3, -0.25) is 9.80 Å². The highest BCUT2D eigenvalue weighted by Gasteiger charge is 2.53. The molecule has 6 nitrogen and oxygen atoms in total. The number of nitrogens with zero attached hydrogens (tertiary/aromatic N) is 4. The van der Waals surface area contributed by atoms with E-state index >= 15 is 0 Å². The molecule has 148 valence electrons. The van der Waals surface area contributed by atoms with Crippen molar-refractivity contribution in [2.24, 2.45) is 5.92 Å². The number of rotatable bonds is 4. The molecule has 6 heterocycles. The van der Waals surface area contributed by atoms with Crippen molar-refractivity contribution in [1.82, 2.24) is 19.4 Å². The first-order valence-corrected chi connectivity index (χ1v) is 10.7. The number of piperidine rings is 3. The Morgan fingerprint density at radius 1 is 1.11 bits per heavy atom. The summed E-state index contributed by atoms with van der Waals surface area (Å²) < 4.78 is 13.5. The standard InChI is InChI=1S/C22H28N4O2/c1-2-24-13-23-10-17(24)11-26-12-18(16-3-4-19-20(9-16)28-14-27-19)22-21(26)15-5-7-25(22)8-6-15/h3-4,9-10,13,15,18,21-22H,2,5-8,11-12,14H2,1H3/t18-,21+,22+/m0/s1. The summed E-state index contributed by atoms with van der Waals surface area (Å²) in [6, 6.07) is 7.85. The average Bonchev–Trinajstić information content (AvgIpc) is 3.47. The number of imidazole rings is 1. The van der Waals surface area contributed by atoms with Crippen molar-refractivity contribution < 1.29 is 9.47 Å². The molecule has 28 heavy (non-hydrogen) atoms. The summed E-state index contributed by atoms with van der Waals surface area (Å²) in [5.41, 5.74) is 2.74. The van der Waals surface area contributed by atoms with Crippen LogP contribution in [0.25, 0.3) is 0 Å². The smallest absolute Gasteiger partial charge is 0.231 e. The zero-order valence-corrected chi connectivity index (χ0v) is 16.5. The predicted molar refractivity (Wildman–Crippen MR) is 105 cm³/mol. The van der Waals surface area contributed by atoms with Gasteiger partial charge in [0.1, 0.15) is 0 Å². The third kappa shape index (κ3) is 2.51. The van der Waals surface area contributed by atoms with Crippen LogP contribution in [0.1, 0.15) is 36.9 Å². The van der Waals surface area contributed by atoms with Crippen LogP contribution < -0.4 is 9.47 Å². The summed E-state index contributed by atoms with van der Waals surface area (Å²) in [5, 5.41) is 0. The van der Waals surface area contributed by atoms with Crippen LogP contribution in [0.4, 0.5) is 0 Å². The molecule has 3 atom stereocenters. The normalized spacial score (nSPS) is 33.4. The molecule has 0 unspecified atom stereocenters.